The fourth-order valence-electron chi connectivity index (χ4n) is 1.90. The number of benzene rings is 2. The molecule has 5 nitrogen and oxygen atoms in total. The molecule has 0 aliphatic carbocycles. The van der Waals surface area contributed by atoms with Crippen molar-refractivity contribution in [2.24, 2.45) is 0 Å². The van der Waals surface area contributed by atoms with Gasteiger partial charge in [0.05, 0.1) is 29.9 Å². The first-order valence-electron chi connectivity index (χ1n) is 5.28. The summed E-state index contributed by atoms with van der Waals surface area (Å²) in [4.78, 5) is 10.6. The third-order valence-electron chi connectivity index (χ3n) is 2.70. The number of nitriles is 1. The van der Waals surface area contributed by atoms with E-state index in [2.05, 4.69) is 6.07 Å². The van der Waals surface area contributed by atoms with Crippen molar-refractivity contribution in [3.8, 4) is 11.8 Å². The Balaban J connectivity index is 2.71. The summed E-state index contributed by atoms with van der Waals surface area (Å²) in [5, 5.41) is 21.0. The van der Waals surface area contributed by atoms with Crippen LogP contribution in [-0.2, 0) is 6.42 Å². The smallest absolute Gasteiger partial charge is 0.318 e. The molecule has 0 saturated heterocycles. The van der Waals surface area contributed by atoms with Crippen LogP contribution in [0.1, 0.15) is 5.56 Å². The summed E-state index contributed by atoms with van der Waals surface area (Å²) in [6, 6.07) is 10.5. The highest BCUT2D eigenvalue weighted by Crippen LogP contribution is 2.35. The lowest BCUT2D eigenvalue weighted by molar-refractivity contribution is -0.383. The van der Waals surface area contributed by atoms with Crippen molar-refractivity contribution in [1.82, 2.24) is 0 Å². The van der Waals surface area contributed by atoms with E-state index < -0.39 is 4.92 Å². The van der Waals surface area contributed by atoms with E-state index in [1.54, 1.807) is 30.3 Å². The Kier molecular flexibility index (Phi) is 3.11. The molecule has 0 saturated carbocycles. The Morgan fingerprint density at radius 1 is 1.39 bits per heavy atom. The SMILES string of the molecule is COc1ccc2cc(CC#N)ccc2c1[N+](=O)[O-]. The number of ether oxygens (including phenoxy) is 1. The van der Waals surface area contributed by atoms with Crippen LogP contribution in [0.25, 0.3) is 10.8 Å². The second-order valence-electron chi connectivity index (χ2n) is 3.76. The van der Waals surface area contributed by atoms with Gasteiger partial charge in [0, 0.05) is 0 Å². The first-order valence-corrected chi connectivity index (χ1v) is 5.28. The van der Waals surface area contributed by atoms with Gasteiger partial charge in [0.2, 0.25) is 0 Å². The van der Waals surface area contributed by atoms with Crippen LogP contribution in [-0.4, -0.2) is 12.0 Å². The van der Waals surface area contributed by atoms with E-state index in [-0.39, 0.29) is 17.9 Å². The highest BCUT2D eigenvalue weighted by Gasteiger charge is 2.19. The summed E-state index contributed by atoms with van der Waals surface area (Å²) in [5.41, 5.74) is 0.794. The zero-order valence-electron chi connectivity index (χ0n) is 9.71. The Morgan fingerprint density at radius 3 is 2.78 bits per heavy atom. The van der Waals surface area contributed by atoms with Crippen LogP contribution in [0.4, 0.5) is 5.69 Å². The second kappa shape index (κ2) is 4.72. The molecule has 0 radical (unpaired) electrons. The molecule has 18 heavy (non-hydrogen) atoms. The van der Waals surface area contributed by atoms with Gasteiger partial charge in [-0.25, -0.2) is 0 Å². The Bertz CT molecular complexity index is 659. The molecule has 2 rings (SSSR count). The lowest BCUT2D eigenvalue weighted by Gasteiger charge is -2.06. The first kappa shape index (κ1) is 11.9. The summed E-state index contributed by atoms with van der Waals surface area (Å²) >= 11 is 0. The molecule has 0 bridgehead atoms. The standard InChI is InChI=1S/C13H10N2O3/c1-18-12-5-3-10-8-9(6-7-14)2-4-11(10)13(12)15(16)17/h2-5,8H,6H2,1H3. The van der Waals surface area contributed by atoms with E-state index in [0.717, 1.165) is 10.9 Å². The lowest BCUT2D eigenvalue weighted by Crippen LogP contribution is -1.95. The molecule has 5 heteroatoms. The van der Waals surface area contributed by atoms with Gasteiger partial charge in [-0.2, -0.15) is 5.26 Å². The van der Waals surface area contributed by atoms with Gasteiger partial charge < -0.3 is 4.74 Å². The Morgan fingerprint density at radius 2 is 2.17 bits per heavy atom. The molecular weight excluding hydrogens is 232 g/mol. The summed E-state index contributed by atoms with van der Waals surface area (Å²) in [5.74, 6) is 0.237. The number of rotatable bonds is 3. The van der Waals surface area contributed by atoms with E-state index >= 15 is 0 Å². The number of nitrogens with zero attached hydrogens (tertiary/aromatic N) is 2. The predicted molar refractivity (Wildman–Crippen MR) is 66.5 cm³/mol. The highest BCUT2D eigenvalue weighted by molar-refractivity contribution is 5.94. The fraction of sp³-hybridized carbons (Fsp3) is 0.154. The van der Waals surface area contributed by atoms with Crippen LogP contribution in [0.5, 0.6) is 5.75 Å². The zero-order valence-corrected chi connectivity index (χ0v) is 9.71. The van der Waals surface area contributed by atoms with Gasteiger partial charge in [-0.3, -0.25) is 10.1 Å². The van der Waals surface area contributed by atoms with Crippen molar-refractivity contribution >= 4 is 16.5 Å². The van der Waals surface area contributed by atoms with Gasteiger partial charge >= 0.3 is 5.69 Å². The normalized spacial score (nSPS) is 10.0. The van der Waals surface area contributed by atoms with Crippen molar-refractivity contribution < 1.29 is 9.66 Å². The molecule has 0 unspecified atom stereocenters. The van der Waals surface area contributed by atoms with E-state index in [9.17, 15) is 10.1 Å². The molecule has 2 aromatic rings. The number of hydrogen-bond donors (Lipinski definition) is 0. The lowest BCUT2D eigenvalue weighted by atomic mass is 10.0. The molecular formula is C13H10N2O3. The average Bonchev–Trinajstić information content (AvgIpc) is 2.37. The minimum absolute atomic E-state index is 0.0430. The van der Waals surface area contributed by atoms with Gasteiger partial charge in [-0.15, -0.1) is 0 Å². The molecule has 0 aliphatic heterocycles. The van der Waals surface area contributed by atoms with Crippen molar-refractivity contribution in [1.29, 1.82) is 5.26 Å². The monoisotopic (exact) mass is 242 g/mol. The average molecular weight is 242 g/mol. The topological polar surface area (TPSA) is 76.2 Å². The van der Waals surface area contributed by atoms with Gasteiger partial charge in [-0.1, -0.05) is 12.1 Å². The number of hydrogen-bond acceptors (Lipinski definition) is 4. The van der Waals surface area contributed by atoms with Gasteiger partial charge in [0.1, 0.15) is 0 Å². The van der Waals surface area contributed by atoms with Crippen LogP contribution in [0.15, 0.2) is 30.3 Å². The van der Waals surface area contributed by atoms with Crippen LogP contribution in [0.2, 0.25) is 0 Å². The fourth-order valence-corrected chi connectivity index (χ4v) is 1.90. The first-order chi connectivity index (χ1) is 8.67. The molecule has 0 amide bonds. The quantitative estimate of drug-likeness (QED) is 0.612. The van der Waals surface area contributed by atoms with E-state index in [1.165, 1.54) is 7.11 Å². The third-order valence-corrected chi connectivity index (χ3v) is 2.70. The molecule has 0 fully saturated rings. The molecule has 90 valence electrons. The van der Waals surface area contributed by atoms with Crippen LogP contribution >= 0.6 is 0 Å². The predicted octanol–water partition coefficient (Wildman–Crippen LogP) is 2.82. The Labute approximate surface area is 103 Å². The van der Waals surface area contributed by atoms with Crippen molar-refractivity contribution in [2.75, 3.05) is 7.11 Å². The summed E-state index contributed by atoms with van der Waals surface area (Å²) < 4.78 is 5.00. The van der Waals surface area contributed by atoms with Crippen LogP contribution in [0, 0.1) is 21.4 Å². The van der Waals surface area contributed by atoms with Gasteiger partial charge in [0.15, 0.2) is 5.75 Å². The Hall–Kier alpha value is -2.61. The number of nitro groups is 1. The molecule has 0 aliphatic rings. The van der Waals surface area contributed by atoms with E-state index in [4.69, 9.17) is 10.00 Å². The molecule has 0 heterocycles. The molecule has 2 aromatic carbocycles. The molecule has 0 spiro atoms. The maximum atomic E-state index is 11.1. The minimum atomic E-state index is -0.453. The summed E-state index contributed by atoms with van der Waals surface area (Å²) in [6.07, 6.45) is 0.287. The van der Waals surface area contributed by atoms with Crippen LogP contribution in [0.3, 0.4) is 0 Å². The molecule has 0 atom stereocenters. The summed E-state index contributed by atoms with van der Waals surface area (Å²) in [7, 11) is 1.40. The third kappa shape index (κ3) is 1.96. The van der Waals surface area contributed by atoms with Crippen LogP contribution < -0.4 is 4.74 Å². The minimum Gasteiger partial charge on any atom is -0.490 e. The van der Waals surface area contributed by atoms with Crippen molar-refractivity contribution in [3.63, 3.8) is 0 Å². The number of fused-ring (bicyclic) bond motifs is 1. The second-order valence-corrected chi connectivity index (χ2v) is 3.76. The number of nitro benzene ring substituents is 1. The maximum absolute atomic E-state index is 11.1. The van der Waals surface area contributed by atoms with Gasteiger partial charge in [0.25, 0.3) is 0 Å². The van der Waals surface area contributed by atoms with Crippen molar-refractivity contribution in [3.05, 3.63) is 46.0 Å². The zero-order chi connectivity index (χ0) is 13.1. The molecule has 0 aromatic heterocycles. The number of methoxy groups -OCH3 is 1. The molecule has 0 N–H and O–H groups in total. The van der Waals surface area contributed by atoms with E-state index in [0.29, 0.717) is 5.39 Å². The summed E-state index contributed by atoms with van der Waals surface area (Å²) in [6.45, 7) is 0. The largest absolute Gasteiger partial charge is 0.490 e. The van der Waals surface area contributed by atoms with E-state index in [1.807, 2.05) is 0 Å². The van der Waals surface area contributed by atoms with Gasteiger partial charge in [-0.05, 0) is 29.1 Å². The maximum Gasteiger partial charge on any atom is 0.318 e. The highest BCUT2D eigenvalue weighted by atomic mass is 16.6. The van der Waals surface area contributed by atoms with Crippen molar-refractivity contribution in [2.45, 2.75) is 6.42 Å².